The number of fused-ring (bicyclic) bond motifs is 1. The topological polar surface area (TPSA) is 84.2 Å². The van der Waals surface area contributed by atoms with Gasteiger partial charge in [-0.1, -0.05) is 12.1 Å². The van der Waals surface area contributed by atoms with Crippen LogP contribution in [0, 0.1) is 5.82 Å². The molecule has 3 aromatic carbocycles. The largest absolute Gasteiger partial charge is 0.426 e. The van der Waals surface area contributed by atoms with E-state index in [4.69, 9.17) is 0 Å². The minimum atomic E-state index is -0.678. The molecule has 0 atom stereocenters. The van der Waals surface area contributed by atoms with E-state index in [1.54, 1.807) is 36.4 Å². The van der Waals surface area contributed by atoms with Crippen LogP contribution in [0.3, 0.4) is 0 Å². The summed E-state index contributed by atoms with van der Waals surface area (Å²) in [5, 5.41) is 13.0. The molecule has 7 heteroatoms. The summed E-state index contributed by atoms with van der Waals surface area (Å²) in [4.78, 5) is 27.5. The van der Waals surface area contributed by atoms with Crippen LogP contribution in [0.1, 0.15) is 20.7 Å². The van der Waals surface area contributed by atoms with E-state index in [1.807, 2.05) is 12.1 Å². The summed E-state index contributed by atoms with van der Waals surface area (Å²) in [6, 6.07) is 17.5. The highest BCUT2D eigenvalue weighted by molar-refractivity contribution is 6.05. The number of amides is 1. The first-order chi connectivity index (χ1) is 13.6. The Morgan fingerprint density at radius 1 is 1.07 bits per heavy atom. The molecule has 0 bridgehead atoms. The molecule has 28 heavy (non-hydrogen) atoms. The van der Waals surface area contributed by atoms with Crippen molar-refractivity contribution < 1.29 is 19.2 Å². The van der Waals surface area contributed by atoms with Gasteiger partial charge in [-0.2, -0.15) is 4.73 Å². The number of imidazole rings is 1. The number of carbonyl (C=O) groups excluding carboxylic acids is 2. The van der Waals surface area contributed by atoms with E-state index in [0.717, 1.165) is 10.8 Å². The molecule has 0 saturated carbocycles. The molecule has 0 saturated heterocycles. The molecule has 4 rings (SSSR count). The second-order valence-electron chi connectivity index (χ2n) is 6.12. The number of halogens is 1. The van der Waals surface area contributed by atoms with E-state index < -0.39 is 11.7 Å². The SMILES string of the molecule is O=Cc1cc(C(=O)Nc2ccc(-c3nc4ccccc4n3O)cc2)ccc1F. The fourth-order valence-electron chi connectivity index (χ4n) is 2.88. The molecular formula is C21H14FN3O3. The highest BCUT2D eigenvalue weighted by atomic mass is 19.1. The van der Waals surface area contributed by atoms with Crippen molar-refractivity contribution in [3.63, 3.8) is 0 Å². The zero-order valence-corrected chi connectivity index (χ0v) is 14.5. The van der Waals surface area contributed by atoms with Gasteiger partial charge in [0.25, 0.3) is 5.91 Å². The van der Waals surface area contributed by atoms with Gasteiger partial charge in [-0.05, 0) is 54.6 Å². The van der Waals surface area contributed by atoms with E-state index in [-0.39, 0.29) is 11.1 Å². The van der Waals surface area contributed by atoms with Crippen molar-refractivity contribution in [2.75, 3.05) is 5.32 Å². The maximum Gasteiger partial charge on any atom is 0.255 e. The molecule has 0 fully saturated rings. The molecule has 138 valence electrons. The van der Waals surface area contributed by atoms with E-state index in [1.165, 1.54) is 12.1 Å². The molecule has 0 aliphatic carbocycles. The van der Waals surface area contributed by atoms with Crippen LogP contribution >= 0.6 is 0 Å². The monoisotopic (exact) mass is 375 g/mol. The van der Waals surface area contributed by atoms with Crippen LogP contribution in [-0.2, 0) is 0 Å². The van der Waals surface area contributed by atoms with E-state index in [2.05, 4.69) is 10.3 Å². The Balaban J connectivity index is 1.57. The van der Waals surface area contributed by atoms with Crippen LogP contribution < -0.4 is 5.32 Å². The van der Waals surface area contributed by atoms with E-state index >= 15 is 0 Å². The first kappa shape index (κ1) is 17.4. The Bertz CT molecular complexity index is 1200. The van der Waals surface area contributed by atoms with Crippen LogP contribution in [0.4, 0.5) is 10.1 Å². The normalized spacial score (nSPS) is 10.8. The van der Waals surface area contributed by atoms with Crippen molar-refractivity contribution in [2.24, 2.45) is 0 Å². The molecule has 1 aromatic heterocycles. The number of anilines is 1. The maximum absolute atomic E-state index is 13.4. The Morgan fingerprint density at radius 3 is 2.54 bits per heavy atom. The van der Waals surface area contributed by atoms with Gasteiger partial charge >= 0.3 is 0 Å². The van der Waals surface area contributed by atoms with Crippen molar-refractivity contribution in [1.29, 1.82) is 0 Å². The summed E-state index contributed by atoms with van der Waals surface area (Å²) in [6.07, 6.45) is 0.363. The van der Waals surface area contributed by atoms with Gasteiger partial charge in [0.2, 0.25) is 0 Å². The summed E-state index contributed by atoms with van der Waals surface area (Å²) >= 11 is 0. The third kappa shape index (κ3) is 3.09. The molecule has 2 N–H and O–H groups in total. The van der Waals surface area contributed by atoms with Gasteiger partial charge in [-0.25, -0.2) is 9.37 Å². The average molecular weight is 375 g/mol. The van der Waals surface area contributed by atoms with Crippen LogP contribution in [-0.4, -0.2) is 27.1 Å². The summed E-state index contributed by atoms with van der Waals surface area (Å²) in [5.74, 6) is -0.763. The third-order valence-electron chi connectivity index (χ3n) is 4.32. The number of aromatic nitrogens is 2. The van der Waals surface area contributed by atoms with Gasteiger partial charge in [0.15, 0.2) is 12.1 Å². The van der Waals surface area contributed by atoms with Crippen molar-refractivity contribution >= 4 is 28.9 Å². The Kier molecular flexibility index (Phi) is 4.33. The van der Waals surface area contributed by atoms with Crippen molar-refractivity contribution in [3.8, 4) is 11.4 Å². The fraction of sp³-hybridized carbons (Fsp3) is 0. The Labute approximate surface area is 158 Å². The number of aldehydes is 1. The number of rotatable bonds is 4. The molecule has 0 unspecified atom stereocenters. The number of benzene rings is 3. The molecule has 6 nitrogen and oxygen atoms in total. The quantitative estimate of drug-likeness (QED) is 0.415. The standard InChI is InChI=1S/C21H14FN3O3/c22-17-10-7-14(11-15(17)12-26)21(27)23-16-8-5-13(6-9-16)20-24-18-3-1-2-4-19(18)25(20)28/h1-12,28H,(H,23,27). The first-order valence-electron chi connectivity index (χ1n) is 8.40. The number of nitrogens with one attached hydrogen (secondary N) is 1. The smallest absolute Gasteiger partial charge is 0.255 e. The lowest BCUT2D eigenvalue weighted by atomic mass is 10.1. The number of para-hydroxylation sites is 2. The number of carbonyl (C=O) groups is 2. The fourth-order valence-corrected chi connectivity index (χ4v) is 2.88. The second kappa shape index (κ2) is 6.96. The molecule has 0 aliphatic heterocycles. The van der Waals surface area contributed by atoms with Crippen LogP contribution in [0.15, 0.2) is 66.7 Å². The molecule has 1 heterocycles. The van der Waals surface area contributed by atoms with Crippen LogP contribution in [0.25, 0.3) is 22.4 Å². The maximum atomic E-state index is 13.4. The number of nitrogens with zero attached hydrogens (tertiary/aromatic N) is 2. The van der Waals surface area contributed by atoms with E-state index in [0.29, 0.717) is 34.4 Å². The van der Waals surface area contributed by atoms with Crippen molar-refractivity contribution in [2.45, 2.75) is 0 Å². The van der Waals surface area contributed by atoms with Crippen LogP contribution in [0.5, 0.6) is 0 Å². The molecule has 1 amide bonds. The predicted molar refractivity (Wildman–Crippen MR) is 102 cm³/mol. The predicted octanol–water partition coefficient (Wildman–Crippen LogP) is 4.14. The molecule has 0 spiro atoms. The van der Waals surface area contributed by atoms with E-state index in [9.17, 15) is 19.2 Å². The second-order valence-corrected chi connectivity index (χ2v) is 6.12. The molecule has 0 aliphatic rings. The molecule has 4 aromatic rings. The van der Waals surface area contributed by atoms with Gasteiger partial charge in [0.05, 0.1) is 11.1 Å². The Morgan fingerprint density at radius 2 is 1.82 bits per heavy atom. The first-order valence-corrected chi connectivity index (χ1v) is 8.40. The molecule has 0 radical (unpaired) electrons. The minimum absolute atomic E-state index is 0.171. The lowest BCUT2D eigenvalue weighted by Gasteiger charge is -2.07. The summed E-state index contributed by atoms with van der Waals surface area (Å²) in [6.45, 7) is 0. The lowest BCUT2D eigenvalue weighted by Crippen LogP contribution is -2.12. The zero-order valence-electron chi connectivity index (χ0n) is 14.5. The Hall–Kier alpha value is -4.00. The number of hydrogen-bond donors (Lipinski definition) is 2. The summed E-state index contributed by atoms with van der Waals surface area (Å²) in [7, 11) is 0. The van der Waals surface area contributed by atoms with Gasteiger partial charge in [0.1, 0.15) is 11.3 Å². The lowest BCUT2D eigenvalue weighted by molar-refractivity contribution is 0.102. The van der Waals surface area contributed by atoms with Gasteiger partial charge in [-0.15, -0.1) is 0 Å². The van der Waals surface area contributed by atoms with Crippen LogP contribution in [0.2, 0.25) is 0 Å². The number of hydrogen-bond acceptors (Lipinski definition) is 4. The van der Waals surface area contributed by atoms with Gasteiger partial charge in [0, 0.05) is 16.8 Å². The molecular weight excluding hydrogens is 361 g/mol. The highest BCUT2D eigenvalue weighted by Crippen LogP contribution is 2.24. The van der Waals surface area contributed by atoms with Crippen molar-refractivity contribution in [1.82, 2.24) is 9.71 Å². The third-order valence-corrected chi connectivity index (χ3v) is 4.32. The minimum Gasteiger partial charge on any atom is -0.426 e. The summed E-state index contributed by atoms with van der Waals surface area (Å²) < 4.78 is 14.4. The van der Waals surface area contributed by atoms with Crippen molar-refractivity contribution in [3.05, 3.63) is 83.7 Å². The highest BCUT2D eigenvalue weighted by Gasteiger charge is 2.13. The summed E-state index contributed by atoms with van der Waals surface area (Å²) in [5.41, 5.74) is 2.43. The zero-order chi connectivity index (χ0) is 19.7. The van der Waals surface area contributed by atoms with Gasteiger partial charge in [-0.3, -0.25) is 9.59 Å². The van der Waals surface area contributed by atoms with Gasteiger partial charge < -0.3 is 10.5 Å². The average Bonchev–Trinajstić information content (AvgIpc) is 3.06.